The summed E-state index contributed by atoms with van der Waals surface area (Å²) in [5.74, 6) is -2.03. The third-order valence-corrected chi connectivity index (χ3v) is 6.76. The van der Waals surface area contributed by atoms with Crippen molar-refractivity contribution in [2.24, 2.45) is 11.8 Å². The number of carbonyl (C=O) groups excluding carboxylic acids is 3. The molecule has 1 fully saturated rings. The number of esters is 2. The van der Waals surface area contributed by atoms with E-state index in [1.807, 2.05) is 33.8 Å². The fraction of sp³-hybridized carbons (Fsp3) is 0.741. The largest absolute Gasteiger partial charge is 0.457 e. The molecule has 2 aliphatic rings. The summed E-state index contributed by atoms with van der Waals surface area (Å²) in [6.45, 7) is 10.2. The van der Waals surface area contributed by atoms with Crippen LogP contribution in [0.25, 0.3) is 0 Å². The van der Waals surface area contributed by atoms with Crippen LogP contribution in [0, 0.1) is 11.8 Å². The van der Waals surface area contributed by atoms with Crippen molar-refractivity contribution in [1.82, 2.24) is 0 Å². The SMILES string of the molecule is C/C=C(/C)C1C/C=C(\C)C(OC2OC(CO)C(O)C2O)C(OC(=O)CC(C)C)C(=O)CCC(C)C(=O)O1. The first-order valence-electron chi connectivity index (χ1n) is 12.9. The van der Waals surface area contributed by atoms with Crippen molar-refractivity contribution < 1.29 is 48.7 Å². The van der Waals surface area contributed by atoms with Gasteiger partial charge in [-0.3, -0.25) is 14.4 Å². The molecule has 2 aliphatic heterocycles. The lowest BCUT2D eigenvalue weighted by molar-refractivity contribution is -0.209. The van der Waals surface area contributed by atoms with Gasteiger partial charge >= 0.3 is 11.9 Å². The molecule has 2 heterocycles. The number of ketones is 1. The van der Waals surface area contributed by atoms with Gasteiger partial charge in [-0.15, -0.1) is 0 Å². The van der Waals surface area contributed by atoms with Crippen LogP contribution < -0.4 is 0 Å². The van der Waals surface area contributed by atoms with E-state index in [9.17, 15) is 29.7 Å². The molecule has 0 aromatic rings. The van der Waals surface area contributed by atoms with Gasteiger partial charge in [-0.25, -0.2) is 0 Å². The van der Waals surface area contributed by atoms with Gasteiger partial charge in [0.25, 0.3) is 0 Å². The highest BCUT2D eigenvalue weighted by molar-refractivity contribution is 5.87. The number of carbonyl (C=O) groups is 3. The Bertz CT molecular complexity index is 863. The number of ether oxygens (including phenoxy) is 4. The number of rotatable bonds is 7. The molecule has 2 rings (SSSR count). The van der Waals surface area contributed by atoms with Crippen LogP contribution in [0.2, 0.25) is 0 Å². The van der Waals surface area contributed by atoms with Crippen LogP contribution in [0.1, 0.15) is 67.2 Å². The quantitative estimate of drug-likeness (QED) is 0.332. The maximum Gasteiger partial charge on any atom is 0.309 e. The molecule has 0 amide bonds. The third-order valence-electron chi connectivity index (χ3n) is 6.76. The molecule has 0 aromatic carbocycles. The van der Waals surface area contributed by atoms with Crippen LogP contribution in [0.3, 0.4) is 0 Å². The molecular weight excluding hydrogens is 484 g/mol. The highest BCUT2D eigenvalue weighted by Crippen LogP contribution is 2.29. The molecule has 0 radical (unpaired) electrons. The summed E-state index contributed by atoms with van der Waals surface area (Å²) < 4.78 is 22.9. The fourth-order valence-corrected chi connectivity index (χ4v) is 4.16. The number of hydrogen-bond acceptors (Lipinski definition) is 10. The number of cyclic esters (lactones) is 1. The molecule has 0 saturated carbocycles. The Morgan fingerprint density at radius 2 is 1.89 bits per heavy atom. The van der Waals surface area contributed by atoms with Crippen LogP contribution in [-0.2, 0) is 33.3 Å². The van der Waals surface area contributed by atoms with Crippen molar-refractivity contribution in [3.8, 4) is 0 Å². The van der Waals surface area contributed by atoms with Crippen molar-refractivity contribution in [3.05, 3.63) is 23.3 Å². The number of aliphatic hydroxyl groups is 3. The van der Waals surface area contributed by atoms with Crippen LogP contribution in [0.5, 0.6) is 0 Å². The zero-order valence-electron chi connectivity index (χ0n) is 22.6. The Kier molecular flexibility index (Phi) is 11.9. The molecule has 10 heteroatoms. The molecular formula is C27H42O10. The Balaban J connectivity index is 2.49. The third kappa shape index (κ3) is 8.44. The first-order valence-corrected chi connectivity index (χ1v) is 12.9. The van der Waals surface area contributed by atoms with Gasteiger partial charge in [-0.2, -0.15) is 0 Å². The Morgan fingerprint density at radius 3 is 2.46 bits per heavy atom. The van der Waals surface area contributed by atoms with E-state index in [1.165, 1.54) is 0 Å². The normalized spacial score (nSPS) is 35.8. The van der Waals surface area contributed by atoms with Gasteiger partial charge in [-0.1, -0.05) is 32.9 Å². The second kappa shape index (κ2) is 14.2. The van der Waals surface area contributed by atoms with Gasteiger partial charge in [0.15, 0.2) is 18.2 Å². The maximum absolute atomic E-state index is 13.4. The van der Waals surface area contributed by atoms with Crippen LogP contribution in [-0.4, -0.2) is 82.6 Å². The van der Waals surface area contributed by atoms with Crippen molar-refractivity contribution in [3.63, 3.8) is 0 Å². The van der Waals surface area contributed by atoms with Gasteiger partial charge in [-0.05, 0) is 44.3 Å². The second-order valence-corrected chi connectivity index (χ2v) is 10.3. The molecule has 8 atom stereocenters. The summed E-state index contributed by atoms with van der Waals surface area (Å²) in [6.07, 6.45) is -4.35. The molecule has 0 bridgehead atoms. The zero-order chi connectivity index (χ0) is 27.9. The highest BCUT2D eigenvalue weighted by Gasteiger charge is 2.46. The van der Waals surface area contributed by atoms with Crippen LogP contribution in [0.15, 0.2) is 23.3 Å². The minimum Gasteiger partial charge on any atom is -0.457 e. The first kappa shape index (κ1) is 31.1. The Hall–Kier alpha value is -2.11. The number of Topliss-reactive ketones (excluding diaryl/α,β-unsaturated/α-hetero) is 1. The van der Waals surface area contributed by atoms with Crippen LogP contribution >= 0.6 is 0 Å². The first-order chi connectivity index (χ1) is 17.4. The summed E-state index contributed by atoms with van der Waals surface area (Å²) in [4.78, 5) is 38.7. The van der Waals surface area contributed by atoms with E-state index in [2.05, 4.69) is 0 Å². The molecule has 0 spiro atoms. The van der Waals surface area contributed by atoms with E-state index < -0.39 is 73.2 Å². The monoisotopic (exact) mass is 526 g/mol. The van der Waals surface area contributed by atoms with E-state index in [-0.39, 0.29) is 31.6 Å². The molecule has 3 N–H and O–H groups in total. The maximum atomic E-state index is 13.4. The molecule has 10 nitrogen and oxygen atoms in total. The van der Waals surface area contributed by atoms with E-state index >= 15 is 0 Å². The number of hydrogen-bond donors (Lipinski definition) is 3. The van der Waals surface area contributed by atoms with Crippen molar-refractivity contribution >= 4 is 17.7 Å². The van der Waals surface area contributed by atoms with E-state index in [0.717, 1.165) is 5.57 Å². The average Bonchev–Trinajstić information content (AvgIpc) is 3.12. The summed E-state index contributed by atoms with van der Waals surface area (Å²) in [6, 6.07) is 0. The van der Waals surface area contributed by atoms with Crippen molar-refractivity contribution in [2.45, 2.75) is 110 Å². The molecule has 8 unspecified atom stereocenters. The predicted molar refractivity (Wildman–Crippen MR) is 133 cm³/mol. The highest BCUT2D eigenvalue weighted by atomic mass is 16.7. The van der Waals surface area contributed by atoms with Crippen molar-refractivity contribution in [1.29, 1.82) is 0 Å². The minimum absolute atomic E-state index is 0.00957. The Labute approximate surface area is 218 Å². The average molecular weight is 527 g/mol. The smallest absolute Gasteiger partial charge is 0.309 e. The number of aliphatic hydroxyl groups excluding tert-OH is 3. The standard InChI is InChI=1S/C27H42O10/c1-7-15(4)19-11-9-16(5)24(37-27-23(32)22(31)20(13-28)35-27)25(36-21(30)12-14(2)3)18(29)10-8-17(6)26(33)34-19/h7,9,14,17,19-20,22-25,27-28,31-32H,8,10-13H2,1-6H3/b15-7-,16-9+. The van der Waals surface area contributed by atoms with Gasteiger partial charge in [0.05, 0.1) is 12.5 Å². The minimum atomic E-state index is -1.49. The fourth-order valence-electron chi connectivity index (χ4n) is 4.16. The molecule has 210 valence electrons. The second-order valence-electron chi connectivity index (χ2n) is 10.3. The van der Waals surface area contributed by atoms with E-state index in [4.69, 9.17) is 18.9 Å². The Morgan fingerprint density at radius 1 is 1.22 bits per heavy atom. The zero-order valence-corrected chi connectivity index (χ0v) is 22.6. The molecule has 1 saturated heterocycles. The molecule has 37 heavy (non-hydrogen) atoms. The van der Waals surface area contributed by atoms with Gasteiger partial charge in [0.1, 0.15) is 30.5 Å². The summed E-state index contributed by atoms with van der Waals surface area (Å²) in [7, 11) is 0. The lowest BCUT2D eigenvalue weighted by Gasteiger charge is -2.31. The topological polar surface area (TPSA) is 149 Å². The van der Waals surface area contributed by atoms with Crippen LogP contribution in [0.4, 0.5) is 0 Å². The summed E-state index contributed by atoms with van der Waals surface area (Å²) in [5, 5.41) is 30.1. The number of allylic oxidation sites excluding steroid dienone is 1. The summed E-state index contributed by atoms with van der Waals surface area (Å²) in [5.41, 5.74) is 1.34. The summed E-state index contributed by atoms with van der Waals surface area (Å²) >= 11 is 0. The van der Waals surface area contributed by atoms with Gasteiger partial charge in [0, 0.05) is 19.3 Å². The predicted octanol–water partition coefficient (Wildman–Crippen LogP) is 1.98. The van der Waals surface area contributed by atoms with E-state index in [0.29, 0.717) is 5.57 Å². The lowest BCUT2D eigenvalue weighted by Crippen LogP contribution is -2.45. The van der Waals surface area contributed by atoms with Crippen molar-refractivity contribution in [2.75, 3.05) is 6.61 Å². The molecule has 0 aliphatic carbocycles. The van der Waals surface area contributed by atoms with Gasteiger partial charge < -0.3 is 34.3 Å². The van der Waals surface area contributed by atoms with Gasteiger partial charge in [0.2, 0.25) is 0 Å². The molecule has 0 aromatic heterocycles. The van der Waals surface area contributed by atoms with E-state index in [1.54, 1.807) is 19.9 Å². The lowest BCUT2D eigenvalue weighted by atomic mass is 9.94.